The fraction of sp³-hybridized carbons (Fsp3) is 0.353. The van der Waals surface area contributed by atoms with Gasteiger partial charge in [0, 0.05) is 7.05 Å². The number of aliphatic hydroxyl groups is 1. The van der Waals surface area contributed by atoms with E-state index in [9.17, 15) is 27.1 Å². The lowest BCUT2D eigenvalue weighted by molar-refractivity contribution is -0.339. The topological polar surface area (TPSA) is 71.1 Å². The van der Waals surface area contributed by atoms with Gasteiger partial charge in [0.1, 0.15) is 17.7 Å². The van der Waals surface area contributed by atoms with Crippen LogP contribution in [0.4, 0.5) is 22.0 Å². The first kappa shape index (κ1) is 20.7. The highest BCUT2D eigenvalue weighted by atomic mass is 79.9. The molecule has 0 amide bonds. The third-order valence-electron chi connectivity index (χ3n) is 4.62. The molecule has 3 N–H and O–H groups in total. The number of alkyl halides is 3. The SMILES string of the molecule is CN1C(N)=NC(C2=CCC(OC(F)(F)F)C(F)=C2)(c2ccc(F)c(Br)c2)C1O. The minimum atomic E-state index is -5.00. The molecule has 1 aliphatic heterocycles. The second-order valence-corrected chi connectivity index (χ2v) is 7.18. The minimum absolute atomic E-state index is 0.0686. The van der Waals surface area contributed by atoms with Gasteiger partial charge in [-0.25, -0.2) is 13.8 Å². The molecule has 0 aromatic heterocycles. The lowest BCUT2D eigenvalue weighted by atomic mass is 9.79. The second-order valence-electron chi connectivity index (χ2n) is 6.33. The zero-order chi connectivity index (χ0) is 20.9. The molecule has 3 atom stereocenters. The summed E-state index contributed by atoms with van der Waals surface area (Å²) >= 11 is 3.04. The van der Waals surface area contributed by atoms with Gasteiger partial charge in [0.2, 0.25) is 0 Å². The predicted octanol–water partition coefficient (Wildman–Crippen LogP) is 3.45. The first-order valence-corrected chi connectivity index (χ1v) is 8.79. The van der Waals surface area contributed by atoms with Crippen LogP contribution < -0.4 is 5.73 Å². The molecule has 0 saturated heterocycles. The van der Waals surface area contributed by atoms with Crippen molar-refractivity contribution in [3.63, 3.8) is 0 Å². The van der Waals surface area contributed by atoms with Crippen LogP contribution in [-0.2, 0) is 10.3 Å². The quantitative estimate of drug-likeness (QED) is 0.668. The molecule has 1 aromatic rings. The first-order chi connectivity index (χ1) is 13.0. The summed E-state index contributed by atoms with van der Waals surface area (Å²) in [4.78, 5) is 5.49. The third-order valence-corrected chi connectivity index (χ3v) is 5.23. The number of hydrogen-bond acceptors (Lipinski definition) is 5. The molecule has 3 rings (SSSR count). The average molecular weight is 468 g/mol. The Bertz CT molecular complexity index is 886. The van der Waals surface area contributed by atoms with Crippen molar-refractivity contribution in [2.45, 2.75) is 30.7 Å². The van der Waals surface area contributed by atoms with E-state index in [4.69, 9.17) is 5.73 Å². The van der Waals surface area contributed by atoms with Crippen molar-refractivity contribution in [1.82, 2.24) is 4.90 Å². The summed E-state index contributed by atoms with van der Waals surface area (Å²) in [5.41, 5.74) is 4.50. The molecule has 152 valence electrons. The fourth-order valence-corrected chi connectivity index (χ4v) is 3.61. The molecular weight excluding hydrogens is 453 g/mol. The summed E-state index contributed by atoms with van der Waals surface area (Å²) < 4.78 is 69.2. The maximum Gasteiger partial charge on any atom is 0.523 e. The van der Waals surface area contributed by atoms with Crippen LogP contribution in [0, 0.1) is 5.82 Å². The second kappa shape index (κ2) is 7.12. The molecule has 0 fully saturated rings. The molecule has 1 heterocycles. The number of rotatable bonds is 3. The van der Waals surface area contributed by atoms with E-state index >= 15 is 0 Å². The molecule has 0 bridgehead atoms. The molecular formula is C17H15BrF5N3O2. The fourth-order valence-electron chi connectivity index (χ4n) is 3.23. The summed E-state index contributed by atoms with van der Waals surface area (Å²) in [6.07, 6.45) is -6.56. The van der Waals surface area contributed by atoms with Crippen molar-refractivity contribution in [2.24, 2.45) is 10.7 Å². The number of aliphatic hydroxyl groups excluding tert-OH is 1. The Morgan fingerprint density at radius 3 is 2.54 bits per heavy atom. The molecule has 1 aliphatic carbocycles. The van der Waals surface area contributed by atoms with Gasteiger partial charge in [-0.3, -0.25) is 4.74 Å². The number of aliphatic imine (C=N–C) groups is 1. The number of nitrogens with two attached hydrogens (primary N) is 1. The lowest BCUT2D eigenvalue weighted by Crippen LogP contribution is -2.46. The summed E-state index contributed by atoms with van der Waals surface area (Å²) in [5.74, 6) is -1.82. The molecule has 28 heavy (non-hydrogen) atoms. The van der Waals surface area contributed by atoms with Crippen molar-refractivity contribution < 1.29 is 31.8 Å². The summed E-state index contributed by atoms with van der Waals surface area (Å²) in [5, 5.41) is 10.8. The average Bonchev–Trinajstić information content (AvgIpc) is 2.83. The first-order valence-electron chi connectivity index (χ1n) is 7.99. The molecule has 5 nitrogen and oxygen atoms in total. The van der Waals surface area contributed by atoms with Gasteiger partial charge in [-0.15, -0.1) is 13.2 Å². The monoisotopic (exact) mass is 467 g/mol. The number of benzene rings is 1. The summed E-state index contributed by atoms with van der Waals surface area (Å²) in [6, 6.07) is 3.81. The smallest absolute Gasteiger partial charge is 0.370 e. The zero-order valence-electron chi connectivity index (χ0n) is 14.3. The van der Waals surface area contributed by atoms with Crippen LogP contribution in [0.3, 0.4) is 0 Å². The standard InChI is InChI=1S/C17H15BrF5N3O2/c1-26-14(27)16(25-15(26)24,8-2-4-11(19)10(18)6-8)9-3-5-13(12(20)7-9)28-17(21,22)23/h2-4,6-7,13-14,27H,5H2,1H3,(H2,24,25). The number of halogens is 6. The number of hydrogen-bond donors (Lipinski definition) is 2. The Morgan fingerprint density at radius 2 is 2.04 bits per heavy atom. The van der Waals surface area contributed by atoms with Gasteiger partial charge >= 0.3 is 6.36 Å². The van der Waals surface area contributed by atoms with Crippen LogP contribution in [0.2, 0.25) is 0 Å². The molecule has 3 unspecified atom stereocenters. The van der Waals surface area contributed by atoms with Crippen LogP contribution >= 0.6 is 15.9 Å². The van der Waals surface area contributed by atoms with Crippen molar-refractivity contribution in [3.8, 4) is 0 Å². The largest absolute Gasteiger partial charge is 0.523 e. The highest BCUT2D eigenvalue weighted by molar-refractivity contribution is 9.10. The molecule has 1 aromatic carbocycles. The van der Waals surface area contributed by atoms with Crippen LogP contribution in [0.1, 0.15) is 12.0 Å². The van der Waals surface area contributed by atoms with Crippen molar-refractivity contribution in [1.29, 1.82) is 0 Å². The highest BCUT2D eigenvalue weighted by Crippen LogP contribution is 2.46. The van der Waals surface area contributed by atoms with Gasteiger partial charge in [0.05, 0.1) is 4.47 Å². The molecule has 2 aliphatic rings. The third kappa shape index (κ3) is 3.53. The van der Waals surface area contributed by atoms with Crippen LogP contribution in [0.5, 0.6) is 0 Å². The maximum absolute atomic E-state index is 14.4. The minimum Gasteiger partial charge on any atom is -0.370 e. The normalized spacial score (nSPS) is 28.1. The van der Waals surface area contributed by atoms with Gasteiger partial charge in [0.25, 0.3) is 0 Å². The Balaban J connectivity index is 2.09. The van der Waals surface area contributed by atoms with Crippen LogP contribution in [0.25, 0.3) is 0 Å². The number of nitrogens with zero attached hydrogens (tertiary/aromatic N) is 2. The van der Waals surface area contributed by atoms with Crippen LogP contribution in [0.15, 0.2) is 51.2 Å². The highest BCUT2D eigenvalue weighted by Gasteiger charge is 2.51. The van der Waals surface area contributed by atoms with E-state index < -0.39 is 42.3 Å². The molecule has 0 saturated carbocycles. The summed E-state index contributed by atoms with van der Waals surface area (Å²) in [6.45, 7) is 0. The number of guanidine groups is 1. The van der Waals surface area contributed by atoms with Gasteiger partial charge < -0.3 is 15.7 Å². The van der Waals surface area contributed by atoms with E-state index in [1.807, 2.05) is 0 Å². The van der Waals surface area contributed by atoms with E-state index in [1.54, 1.807) is 0 Å². The van der Waals surface area contributed by atoms with Gasteiger partial charge in [0.15, 0.2) is 17.7 Å². The molecule has 0 spiro atoms. The molecule has 0 radical (unpaired) electrons. The Kier molecular flexibility index (Phi) is 5.28. The van der Waals surface area contributed by atoms with E-state index in [0.717, 1.165) is 12.1 Å². The zero-order valence-corrected chi connectivity index (χ0v) is 15.9. The number of ether oxygens (including phenoxy) is 1. The van der Waals surface area contributed by atoms with Crippen molar-refractivity contribution in [2.75, 3.05) is 7.05 Å². The Morgan fingerprint density at radius 1 is 1.36 bits per heavy atom. The summed E-state index contributed by atoms with van der Waals surface area (Å²) in [7, 11) is 1.45. The van der Waals surface area contributed by atoms with E-state index in [2.05, 4.69) is 25.7 Å². The predicted molar refractivity (Wildman–Crippen MR) is 94.0 cm³/mol. The van der Waals surface area contributed by atoms with Gasteiger partial charge in [-0.2, -0.15) is 0 Å². The van der Waals surface area contributed by atoms with Gasteiger partial charge in [-0.1, -0.05) is 12.1 Å². The Hall–Kier alpha value is -1.98. The Labute approximate surface area is 165 Å². The lowest BCUT2D eigenvalue weighted by Gasteiger charge is -2.35. The van der Waals surface area contributed by atoms with E-state index in [1.165, 1.54) is 30.2 Å². The molecule has 11 heteroatoms. The van der Waals surface area contributed by atoms with Crippen molar-refractivity contribution in [3.05, 3.63) is 57.6 Å². The maximum atomic E-state index is 14.4. The van der Waals surface area contributed by atoms with E-state index in [0.29, 0.717) is 0 Å². The van der Waals surface area contributed by atoms with E-state index in [-0.39, 0.29) is 21.6 Å². The van der Waals surface area contributed by atoms with Crippen molar-refractivity contribution >= 4 is 21.9 Å². The number of likely N-dealkylation sites (N-methyl/N-ethyl adjacent to an activating group) is 1. The van der Waals surface area contributed by atoms with Gasteiger partial charge in [-0.05, 0) is 51.7 Å². The van der Waals surface area contributed by atoms with Crippen LogP contribution in [-0.4, -0.2) is 41.7 Å².